The van der Waals surface area contributed by atoms with Crippen molar-refractivity contribution in [2.75, 3.05) is 0 Å². The summed E-state index contributed by atoms with van der Waals surface area (Å²) in [5.41, 5.74) is 1.46. The normalized spacial score (nSPS) is 12.4. The summed E-state index contributed by atoms with van der Waals surface area (Å²) in [5, 5.41) is 0. The molecule has 0 heterocycles. The van der Waals surface area contributed by atoms with Crippen LogP contribution in [-0.4, -0.2) is 6.21 Å². The first-order valence-corrected chi connectivity index (χ1v) is 4.17. The van der Waals surface area contributed by atoms with Crippen LogP contribution in [0.2, 0.25) is 0 Å². The zero-order chi connectivity index (χ0) is 8.53. The van der Waals surface area contributed by atoms with Gasteiger partial charge in [-0.1, -0.05) is 32.4 Å². The summed E-state index contributed by atoms with van der Waals surface area (Å²) in [5.74, 6) is 0. The Bertz CT molecular complexity index is 154. The second-order valence-corrected chi connectivity index (χ2v) is 2.41. The highest BCUT2D eigenvalue weighted by Gasteiger charge is 1.88. The molecule has 0 N–H and O–H groups in total. The van der Waals surface area contributed by atoms with Crippen molar-refractivity contribution in [3.05, 3.63) is 24.4 Å². The van der Waals surface area contributed by atoms with E-state index in [4.69, 9.17) is 0 Å². The molecule has 0 spiro atoms. The molecule has 62 valence electrons. The second kappa shape index (κ2) is 7.26. The summed E-state index contributed by atoms with van der Waals surface area (Å²) < 4.78 is 0. The maximum absolute atomic E-state index is 3.90. The van der Waals surface area contributed by atoms with Crippen LogP contribution in [0.3, 0.4) is 0 Å². The minimum Gasteiger partial charge on any atom is -0.265 e. The Morgan fingerprint density at radius 3 is 2.64 bits per heavy atom. The molecule has 0 fully saturated rings. The molecule has 0 aromatic rings. The highest BCUT2D eigenvalue weighted by Crippen LogP contribution is 2.07. The van der Waals surface area contributed by atoms with Crippen molar-refractivity contribution in [2.45, 2.75) is 33.1 Å². The van der Waals surface area contributed by atoms with Gasteiger partial charge in [-0.3, -0.25) is 4.99 Å². The van der Waals surface area contributed by atoms with Crippen LogP contribution in [0.1, 0.15) is 33.1 Å². The van der Waals surface area contributed by atoms with Gasteiger partial charge in [0.2, 0.25) is 0 Å². The summed E-state index contributed by atoms with van der Waals surface area (Å²) >= 11 is 0. The van der Waals surface area contributed by atoms with Crippen LogP contribution in [0.15, 0.2) is 29.4 Å². The van der Waals surface area contributed by atoms with Crippen molar-refractivity contribution >= 4 is 6.21 Å². The molecule has 0 unspecified atom stereocenters. The van der Waals surface area contributed by atoms with Crippen LogP contribution in [0.25, 0.3) is 0 Å². The molecule has 0 aliphatic rings. The number of rotatable bonds is 5. The van der Waals surface area contributed by atoms with Crippen molar-refractivity contribution in [3.8, 4) is 0 Å². The number of nitrogens with zero attached hydrogens (tertiary/aromatic N) is 1. The van der Waals surface area contributed by atoms with Crippen LogP contribution in [-0.2, 0) is 0 Å². The predicted octanol–water partition coefficient (Wildman–Crippen LogP) is 3.34. The molecule has 0 radical (unpaired) electrons. The molecule has 0 aliphatic carbocycles. The van der Waals surface area contributed by atoms with Gasteiger partial charge in [-0.15, -0.1) is 0 Å². The Hall–Kier alpha value is -0.850. The van der Waals surface area contributed by atoms with Gasteiger partial charge in [0.1, 0.15) is 0 Å². The molecule has 1 nitrogen and oxygen atoms in total. The van der Waals surface area contributed by atoms with Gasteiger partial charge in [0.15, 0.2) is 0 Å². The molecule has 11 heavy (non-hydrogen) atoms. The fourth-order valence-corrected chi connectivity index (χ4v) is 0.908. The lowest BCUT2D eigenvalue weighted by atomic mass is 10.1. The molecule has 0 saturated carbocycles. The summed E-state index contributed by atoms with van der Waals surface area (Å²) in [4.78, 5) is 3.90. The van der Waals surface area contributed by atoms with E-state index in [1.165, 1.54) is 18.4 Å². The molecule has 0 atom stereocenters. The van der Waals surface area contributed by atoms with E-state index in [1.807, 2.05) is 6.21 Å². The predicted molar refractivity (Wildman–Crippen MR) is 52.0 cm³/mol. The van der Waals surface area contributed by atoms with E-state index >= 15 is 0 Å². The minimum atomic E-state index is 1.12. The molecule has 0 aromatic carbocycles. The van der Waals surface area contributed by atoms with Crippen LogP contribution in [0.5, 0.6) is 0 Å². The standard InChI is InChI=1S/C10H17N/c1-4-7-10(5-2)8-9-11-6-3/h6,8-9H,3-5,7H2,1-2H3/b10-8-,11-9?. The van der Waals surface area contributed by atoms with Gasteiger partial charge in [0.05, 0.1) is 0 Å². The van der Waals surface area contributed by atoms with Gasteiger partial charge in [-0.25, -0.2) is 0 Å². The topological polar surface area (TPSA) is 12.4 Å². The Morgan fingerprint density at radius 2 is 2.18 bits per heavy atom. The monoisotopic (exact) mass is 151 g/mol. The maximum atomic E-state index is 3.90. The lowest BCUT2D eigenvalue weighted by Crippen LogP contribution is -1.80. The summed E-state index contributed by atoms with van der Waals surface area (Å²) in [6, 6.07) is 0. The maximum Gasteiger partial charge on any atom is 0.0267 e. The molecule has 0 aromatic heterocycles. The first kappa shape index (κ1) is 10.2. The van der Waals surface area contributed by atoms with Crippen molar-refractivity contribution < 1.29 is 0 Å². The van der Waals surface area contributed by atoms with Crippen molar-refractivity contribution in [1.29, 1.82) is 0 Å². The number of allylic oxidation sites excluding steroid dienone is 2. The van der Waals surface area contributed by atoms with E-state index in [0.717, 1.165) is 6.42 Å². The molecule has 0 bridgehead atoms. The molecule has 0 saturated heterocycles. The molecular weight excluding hydrogens is 134 g/mol. The van der Waals surface area contributed by atoms with Crippen LogP contribution in [0, 0.1) is 0 Å². The molecular formula is C10H17N. The second-order valence-electron chi connectivity index (χ2n) is 2.41. The smallest absolute Gasteiger partial charge is 0.0267 e. The van der Waals surface area contributed by atoms with Gasteiger partial charge >= 0.3 is 0 Å². The molecule has 1 heteroatoms. The lowest BCUT2D eigenvalue weighted by Gasteiger charge is -1.97. The van der Waals surface area contributed by atoms with Crippen LogP contribution >= 0.6 is 0 Å². The van der Waals surface area contributed by atoms with E-state index in [9.17, 15) is 0 Å². The van der Waals surface area contributed by atoms with Gasteiger partial charge < -0.3 is 0 Å². The lowest BCUT2D eigenvalue weighted by molar-refractivity contribution is 0.861. The van der Waals surface area contributed by atoms with Gasteiger partial charge in [-0.2, -0.15) is 0 Å². The molecule has 0 rings (SSSR count). The molecule has 0 amide bonds. The zero-order valence-electron chi connectivity index (χ0n) is 7.51. The van der Waals surface area contributed by atoms with E-state index in [0.29, 0.717) is 0 Å². The van der Waals surface area contributed by atoms with Crippen molar-refractivity contribution in [1.82, 2.24) is 0 Å². The summed E-state index contributed by atoms with van der Waals surface area (Å²) in [6.07, 6.45) is 8.95. The average Bonchev–Trinajstić information content (AvgIpc) is 2.03. The zero-order valence-corrected chi connectivity index (χ0v) is 7.51. The first-order valence-electron chi connectivity index (χ1n) is 4.17. The SMILES string of the molecule is C=CN=C/C=C(/CC)CCC. The average molecular weight is 151 g/mol. The molecule has 0 aliphatic heterocycles. The quantitative estimate of drug-likeness (QED) is 0.534. The van der Waals surface area contributed by atoms with Crippen LogP contribution < -0.4 is 0 Å². The fourth-order valence-electron chi connectivity index (χ4n) is 0.908. The van der Waals surface area contributed by atoms with Gasteiger partial charge in [0.25, 0.3) is 0 Å². The Morgan fingerprint density at radius 1 is 1.45 bits per heavy atom. The Kier molecular flexibility index (Phi) is 6.70. The van der Waals surface area contributed by atoms with Gasteiger partial charge in [0, 0.05) is 12.4 Å². The van der Waals surface area contributed by atoms with E-state index in [2.05, 4.69) is 31.5 Å². The van der Waals surface area contributed by atoms with E-state index < -0.39 is 0 Å². The Labute approximate surface area is 69.5 Å². The van der Waals surface area contributed by atoms with E-state index in [1.54, 1.807) is 6.20 Å². The van der Waals surface area contributed by atoms with Crippen molar-refractivity contribution in [3.63, 3.8) is 0 Å². The Balaban J connectivity index is 3.88. The van der Waals surface area contributed by atoms with Gasteiger partial charge in [-0.05, 0) is 18.9 Å². The third kappa shape index (κ3) is 5.59. The largest absolute Gasteiger partial charge is 0.265 e. The first-order chi connectivity index (χ1) is 5.35. The third-order valence-electron chi connectivity index (χ3n) is 1.53. The fraction of sp³-hybridized carbons (Fsp3) is 0.500. The number of hydrogen-bond acceptors (Lipinski definition) is 1. The summed E-state index contributed by atoms with van der Waals surface area (Å²) in [7, 11) is 0. The highest BCUT2D eigenvalue weighted by atomic mass is 14.6. The van der Waals surface area contributed by atoms with E-state index in [-0.39, 0.29) is 0 Å². The summed E-state index contributed by atoms with van der Waals surface area (Å²) in [6.45, 7) is 7.86. The highest BCUT2D eigenvalue weighted by molar-refractivity contribution is 5.72. The van der Waals surface area contributed by atoms with Crippen LogP contribution in [0.4, 0.5) is 0 Å². The van der Waals surface area contributed by atoms with Crippen molar-refractivity contribution in [2.24, 2.45) is 4.99 Å². The number of aliphatic imine (C=N–C) groups is 1. The third-order valence-corrected chi connectivity index (χ3v) is 1.53. The number of hydrogen-bond donors (Lipinski definition) is 0. The minimum absolute atomic E-state index is 1.12.